The van der Waals surface area contributed by atoms with Crippen molar-refractivity contribution in [1.29, 1.82) is 0 Å². The van der Waals surface area contributed by atoms with E-state index in [1.807, 2.05) is 0 Å². The smallest absolute Gasteiger partial charge is 0.0754 e. The van der Waals surface area contributed by atoms with E-state index in [-0.39, 0.29) is 8.88 Å². The van der Waals surface area contributed by atoms with Crippen molar-refractivity contribution in [3.05, 3.63) is 5.21 Å². The summed E-state index contributed by atoms with van der Waals surface area (Å²) in [6.45, 7) is 0. The van der Waals surface area contributed by atoms with Crippen molar-refractivity contribution in [3.8, 4) is 0 Å². The van der Waals surface area contributed by atoms with Gasteiger partial charge in [-0.15, -0.1) is 10.5 Å². The molecule has 2 unspecified atom stereocenters. The molecular weight excluding hydrogens is 119 g/mol. The number of nitrogens with two attached hydrogens (primary N) is 2. The van der Waals surface area contributed by atoms with Gasteiger partial charge in [0.15, 0.2) is 0 Å². The van der Waals surface area contributed by atoms with Gasteiger partial charge in [0, 0.05) is 0 Å². The van der Waals surface area contributed by atoms with Crippen LogP contribution in [0.1, 0.15) is 0 Å². The third-order valence-electron chi connectivity index (χ3n) is 0.281. The van der Waals surface area contributed by atoms with E-state index < -0.39 is 5.34 Å². The van der Waals surface area contributed by atoms with E-state index in [0.717, 1.165) is 0 Å². The minimum Gasteiger partial charge on any atom is -0.578 e. The number of hydrogen-bond acceptors (Lipinski definition) is 5. The quantitative estimate of drug-likeness (QED) is 0.241. The van der Waals surface area contributed by atoms with E-state index in [0.29, 0.717) is 0 Å². The van der Waals surface area contributed by atoms with E-state index >= 15 is 0 Å². The molecular formula is H7N4O2P. The Labute approximate surface area is 42.1 Å². The molecule has 0 saturated carbocycles. The average Bonchev–Trinajstić information content (AvgIpc) is 1.68. The first kappa shape index (κ1) is 7.19. The highest BCUT2D eigenvalue weighted by Gasteiger charge is 1.84. The zero-order valence-corrected chi connectivity index (χ0v) is 4.47. The van der Waals surface area contributed by atoms with Crippen molar-refractivity contribution in [2.24, 2.45) is 11.4 Å². The maximum Gasteiger partial charge on any atom is 0.0754 e. The van der Waals surface area contributed by atoms with Crippen molar-refractivity contribution < 1.29 is 10.3 Å². The lowest BCUT2D eigenvalue weighted by molar-refractivity contribution is -1.08. The van der Waals surface area contributed by atoms with Crippen LogP contribution in [-0.4, -0.2) is 0 Å². The number of quaternary nitrogens is 1. The Bertz CT molecular complexity index is 40.7. The Kier molecular flexibility index (Phi) is 4.47. The first-order chi connectivity index (χ1) is 3.31. The number of nitrogens with one attached hydrogen (secondary N) is 2. The average molecular weight is 126 g/mol. The van der Waals surface area contributed by atoms with Crippen molar-refractivity contribution in [3.63, 3.8) is 0 Å². The maximum absolute atomic E-state index is 9.88. The van der Waals surface area contributed by atoms with Gasteiger partial charge in [0.25, 0.3) is 0 Å². The number of hydrogen-bond donors (Lipinski definition) is 4. The summed E-state index contributed by atoms with van der Waals surface area (Å²) >= 11 is 0. The first-order valence-corrected chi connectivity index (χ1v) is 2.51. The molecule has 44 valence electrons. The summed E-state index contributed by atoms with van der Waals surface area (Å²) in [4.78, 5) is 3.67. The van der Waals surface area contributed by atoms with Crippen LogP contribution in [0.25, 0.3) is 0 Å². The second kappa shape index (κ2) is 4.35. The van der Waals surface area contributed by atoms with Gasteiger partial charge in [-0.3, -0.25) is 5.50 Å². The van der Waals surface area contributed by atoms with E-state index in [1.54, 1.807) is 0 Å². The van der Waals surface area contributed by atoms with Crippen molar-refractivity contribution >= 4 is 8.88 Å². The predicted molar refractivity (Wildman–Crippen MR) is 25.2 cm³/mol. The fourth-order valence-electron chi connectivity index (χ4n) is 0.0884. The molecule has 0 bridgehead atoms. The lowest BCUT2D eigenvalue weighted by Crippen LogP contribution is -3.12. The summed E-state index contributed by atoms with van der Waals surface area (Å²) in [6, 6.07) is 0. The number of rotatable bonds is 3. The second-order valence-corrected chi connectivity index (χ2v) is 1.21. The van der Waals surface area contributed by atoms with Gasteiger partial charge < -0.3 is 5.21 Å². The summed E-state index contributed by atoms with van der Waals surface area (Å²) < 4.78 is 0. The molecule has 6 nitrogen and oxygen atoms in total. The molecule has 0 aliphatic rings. The largest absolute Gasteiger partial charge is 0.578 e. The van der Waals surface area contributed by atoms with Gasteiger partial charge in [-0.05, 0) is 0 Å². The van der Waals surface area contributed by atoms with Crippen LogP contribution in [0, 0.1) is 5.21 Å². The molecule has 7 heavy (non-hydrogen) atoms. The fraction of sp³-hybridized carbons (Fsp3) is 0. The summed E-state index contributed by atoms with van der Waals surface area (Å²) in [5, 5.41) is 11.3. The standard InChI is InChI=1S/H7N4O2P/c1-6-4(5)3-7-2/h3-4,7H,1-2H2. The van der Waals surface area contributed by atoms with Crippen LogP contribution in [0.4, 0.5) is 0 Å². The summed E-state index contributed by atoms with van der Waals surface area (Å²) in [7, 11) is -0.160. The highest BCUT2D eigenvalue weighted by atomic mass is 31.1. The molecule has 0 amide bonds. The van der Waals surface area contributed by atoms with Gasteiger partial charge in [0.05, 0.1) is 8.88 Å². The topological polar surface area (TPSA) is 101 Å². The monoisotopic (exact) mass is 126 g/mol. The summed E-state index contributed by atoms with van der Waals surface area (Å²) in [5.41, 5.74) is 4.87. The van der Waals surface area contributed by atoms with Crippen LogP contribution in [0.3, 0.4) is 0 Å². The summed E-state index contributed by atoms with van der Waals surface area (Å²) in [6.07, 6.45) is 0. The zero-order valence-electron chi connectivity index (χ0n) is 3.47. The molecule has 0 spiro atoms. The zero-order chi connectivity index (χ0) is 5.70. The highest BCUT2D eigenvalue weighted by Crippen LogP contribution is 1.72. The molecule has 0 fully saturated rings. The van der Waals surface area contributed by atoms with Gasteiger partial charge in [0.1, 0.15) is 0 Å². The van der Waals surface area contributed by atoms with Crippen LogP contribution in [-0.2, 0) is 4.94 Å². The van der Waals surface area contributed by atoms with Crippen LogP contribution in [0.2, 0.25) is 0 Å². The molecule has 2 atom stereocenters. The third-order valence-corrected chi connectivity index (χ3v) is 0.630. The Morgan fingerprint density at radius 2 is 2.43 bits per heavy atom. The SMILES string of the molecule is NO[NH+]([O-])NPN. The fourth-order valence-corrected chi connectivity index (χ4v) is 0.265. The van der Waals surface area contributed by atoms with E-state index in [9.17, 15) is 5.21 Å². The molecule has 0 aromatic heterocycles. The first-order valence-electron chi connectivity index (χ1n) is 1.43. The van der Waals surface area contributed by atoms with Crippen molar-refractivity contribution in [2.75, 3.05) is 0 Å². The second-order valence-electron chi connectivity index (χ2n) is 0.675. The lowest BCUT2D eigenvalue weighted by Gasteiger charge is -2.13. The maximum atomic E-state index is 9.88. The molecule has 0 aromatic rings. The minimum atomic E-state index is -0.708. The molecule has 0 saturated heterocycles. The van der Waals surface area contributed by atoms with E-state index in [2.05, 4.69) is 16.0 Å². The molecule has 0 radical (unpaired) electrons. The van der Waals surface area contributed by atoms with Gasteiger partial charge in [-0.1, -0.05) is 4.94 Å². The summed E-state index contributed by atoms with van der Waals surface area (Å²) in [5.74, 6) is 4.39. The van der Waals surface area contributed by atoms with Crippen LogP contribution in [0.15, 0.2) is 0 Å². The molecule has 0 aromatic carbocycles. The van der Waals surface area contributed by atoms with Crippen LogP contribution >= 0.6 is 8.88 Å². The molecule has 0 rings (SSSR count). The molecule has 7 heteroatoms. The predicted octanol–water partition coefficient (Wildman–Crippen LogP) is -2.85. The molecule has 0 aliphatic heterocycles. The van der Waals surface area contributed by atoms with Crippen molar-refractivity contribution in [1.82, 2.24) is 5.20 Å². The van der Waals surface area contributed by atoms with E-state index in [4.69, 9.17) is 5.50 Å². The Hall–Kier alpha value is 0.190. The van der Waals surface area contributed by atoms with Crippen LogP contribution < -0.4 is 21.9 Å². The Balaban J connectivity index is 2.83. The van der Waals surface area contributed by atoms with Gasteiger partial charge in [-0.25, -0.2) is 0 Å². The highest BCUT2D eigenvalue weighted by molar-refractivity contribution is 7.32. The van der Waals surface area contributed by atoms with Gasteiger partial charge in [-0.2, -0.15) is 5.90 Å². The van der Waals surface area contributed by atoms with Crippen molar-refractivity contribution in [2.45, 2.75) is 0 Å². The molecule has 0 heterocycles. The normalized spacial score (nSPS) is 15.9. The van der Waals surface area contributed by atoms with Crippen LogP contribution in [0.5, 0.6) is 0 Å². The Morgan fingerprint density at radius 3 is 2.57 bits per heavy atom. The molecule has 0 aliphatic carbocycles. The lowest BCUT2D eigenvalue weighted by atomic mass is 12.6. The minimum absolute atomic E-state index is 0.160. The van der Waals surface area contributed by atoms with E-state index in [1.165, 1.54) is 0 Å². The third kappa shape index (κ3) is 4.03. The van der Waals surface area contributed by atoms with Gasteiger partial charge in [0.2, 0.25) is 0 Å². The van der Waals surface area contributed by atoms with Gasteiger partial charge >= 0.3 is 0 Å². The Morgan fingerprint density at radius 1 is 1.86 bits per heavy atom. The molecule has 6 N–H and O–H groups in total.